The van der Waals surface area contributed by atoms with Gasteiger partial charge in [-0.15, -0.1) is 0 Å². The van der Waals surface area contributed by atoms with Gasteiger partial charge in [-0.3, -0.25) is 0 Å². The van der Waals surface area contributed by atoms with E-state index in [2.05, 4.69) is 32.7 Å². The van der Waals surface area contributed by atoms with Crippen molar-refractivity contribution in [2.75, 3.05) is 6.54 Å². The van der Waals surface area contributed by atoms with Crippen LogP contribution in [0.2, 0.25) is 0 Å². The van der Waals surface area contributed by atoms with Crippen molar-refractivity contribution in [1.82, 2.24) is 5.32 Å². The highest BCUT2D eigenvalue weighted by atomic mass is 14.9. The summed E-state index contributed by atoms with van der Waals surface area (Å²) in [7, 11) is 0. The average molecular weight is 290 g/mol. The zero-order valence-electron chi connectivity index (χ0n) is 14.5. The lowest BCUT2D eigenvalue weighted by molar-refractivity contribution is -0.118. The predicted molar refractivity (Wildman–Crippen MR) is 91.4 cm³/mol. The van der Waals surface area contributed by atoms with Crippen LogP contribution in [0, 0.1) is 22.7 Å². The summed E-state index contributed by atoms with van der Waals surface area (Å²) in [5.41, 5.74) is 2.69. The van der Waals surface area contributed by atoms with Crippen LogP contribution in [0.5, 0.6) is 0 Å². The molecule has 4 rings (SSSR count). The molecule has 3 atom stereocenters. The van der Waals surface area contributed by atoms with Gasteiger partial charge in [0.1, 0.15) is 0 Å². The molecule has 0 aliphatic heterocycles. The van der Waals surface area contributed by atoms with Gasteiger partial charge < -0.3 is 5.32 Å². The van der Waals surface area contributed by atoms with Crippen LogP contribution in [0.25, 0.3) is 0 Å². The van der Waals surface area contributed by atoms with Crippen molar-refractivity contribution in [3.05, 3.63) is 12.2 Å². The smallest absolute Gasteiger partial charge is 0.0161 e. The molecule has 0 aromatic rings. The van der Waals surface area contributed by atoms with E-state index in [1.165, 1.54) is 63.5 Å². The number of nitrogens with one attached hydrogen (secondary N) is 1. The van der Waals surface area contributed by atoms with E-state index in [-0.39, 0.29) is 0 Å². The Labute approximate surface area is 132 Å². The summed E-state index contributed by atoms with van der Waals surface area (Å²) in [5.74, 6) is 2.05. The van der Waals surface area contributed by atoms with Gasteiger partial charge in [0.2, 0.25) is 0 Å². The molecule has 4 aliphatic carbocycles. The normalized spacial score (nSPS) is 42.2. The van der Waals surface area contributed by atoms with Gasteiger partial charge in [-0.1, -0.05) is 32.9 Å². The Morgan fingerprint density at radius 3 is 2.38 bits per heavy atom. The third-order valence-corrected chi connectivity index (χ3v) is 6.77. The summed E-state index contributed by atoms with van der Waals surface area (Å²) in [5, 5.41) is 3.95. The van der Waals surface area contributed by atoms with Crippen molar-refractivity contribution in [2.24, 2.45) is 22.7 Å². The standard InChI is InChI=1S/C20H35N/c1-5-7-21-18(8-15(3)6-2)20-12-16-9-17(13-20)11-19(4,10-16)14-20/h16-18,21H,3,5-14H2,1-2,4H3. The highest BCUT2D eigenvalue weighted by Crippen LogP contribution is 2.66. The van der Waals surface area contributed by atoms with Crippen molar-refractivity contribution in [3.8, 4) is 0 Å². The molecule has 0 radical (unpaired) electrons. The molecule has 3 unspecified atom stereocenters. The van der Waals surface area contributed by atoms with E-state index in [1.54, 1.807) is 0 Å². The van der Waals surface area contributed by atoms with E-state index in [9.17, 15) is 0 Å². The van der Waals surface area contributed by atoms with Gasteiger partial charge in [0.05, 0.1) is 0 Å². The molecular formula is C20H35N. The van der Waals surface area contributed by atoms with Crippen molar-refractivity contribution in [1.29, 1.82) is 0 Å². The highest BCUT2D eigenvalue weighted by molar-refractivity contribution is 5.12. The second-order valence-electron chi connectivity index (χ2n) is 8.95. The summed E-state index contributed by atoms with van der Waals surface area (Å²) in [6, 6.07) is 0.690. The summed E-state index contributed by atoms with van der Waals surface area (Å²) < 4.78 is 0. The van der Waals surface area contributed by atoms with Crippen molar-refractivity contribution in [2.45, 2.75) is 84.6 Å². The molecule has 4 bridgehead atoms. The predicted octanol–water partition coefficient (Wildman–Crippen LogP) is 5.32. The summed E-state index contributed by atoms with van der Waals surface area (Å²) >= 11 is 0. The van der Waals surface area contributed by atoms with Crippen LogP contribution in [-0.4, -0.2) is 12.6 Å². The van der Waals surface area contributed by atoms with Gasteiger partial charge in [0.25, 0.3) is 0 Å². The minimum absolute atomic E-state index is 0.589. The van der Waals surface area contributed by atoms with Gasteiger partial charge >= 0.3 is 0 Å². The molecule has 1 nitrogen and oxygen atoms in total. The van der Waals surface area contributed by atoms with Crippen LogP contribution in [0.4, 0.5) is 0 Å². The number of hydrogen-bond acceptors (Lipinski definition) is 1. The molecule has 0 heterocycles. The molecule has 0 aromatic heterocycles. The molecule has 0 aromatic carbocycles. The minimum atomic E-state index is 0.589. The second kappa shape index (κ2) is 5.72. The molecule has 0 spiro atoms. The van der Waals surface area contributed by atoms with E-state index in [4.69, 9.17) is 0 Å². The Bertz CT molecular complexity index is 383. The van der Waals surface area contributed by atoms with Gasteiger partial charge in [-0.05, 0) is 87.0 Å². The zero-order chi connectivity index (χ0) is 15.1. The minimum Gasteiger partial charge on any atom is -0.313 e. The van der Waals surface area contributed by atoms with Gasteiger partial charge in [0, 0.05) is 6.04 Å². The Kier molecular flexibility index (Phi) is 4.25. The first-order chi connectivity index (χ1) is 9.98. The summed E-state index contributed by atoms with van der Waals surface area (Å²) in [6.07, 6.45) is 12.6. The van der Waals surface area contributed by atoms with Crippen molar-refractivity contribution >= 4 is 0 Å². The highest BCUT2D eigenvalue weighted by Gasteiger charge is 2.58. The van der Waals surface area contributed by atoms with Gasteiger partial charge in [-0.25, -0.2) is 0 Å². The summed E-state index contributed by atoms with van der Waals surface area (Å²) in [6.45, 7) is 12.6. The molecule has 120 valence electrons. The summed E-state index contributed by atoms with van der Waals surface area (Å²) in [4.78, 5) is 0. The molecular weight excluding hydrogens is 254 g/mol. The molecule has 1 heteroatoms. The van der Waals surface area contributed by atoms with E-state index >= 15 is 0 Å². The lowest BCUT2D eigenvalue weighted by Crippen LogP contribution is -2.58. The van der Waals surface area contributed by atoms with Gasteiger partial charge in [0.15, 0.2) is 0 Å². The van der Waals surface area contributed by atoms with Crippen LogP contribution < -0.4 is 5.32 Å². The SMILES string of the molecule is C=C(CC)CC(NCCC)C12CC3CC(CC(C)(C3)C1)C2. The average Bonchev–Trinajstić information content (AvgIpc) is 2.40. The third-order valence-electron chi connectivity index (χ3n) is 6.77. The lowest BCUT2D eigenvalue weighted by Gasteiger charge is -2.63. The molecule has 4 saturated carbocycles. The quantitative estimate of drug-likeness (QED) is 0.626. The number of rotatable bonds is 7. The molecule has 21 heavy (non-hydrogen) atoms. The topological polar surface area (TPSA) is 12.0 Å². The monoisotopic (exact) mass is 289 g/mol. The fourth-order valence-electron chi connectivity index (χ4n) is 6.46. The van der Waals surface area contributed by atoms with Crippen LogP contribution in [0.15, 0.2) is 12.2 Å². The zero-order valence-corrected chi connectivity index (χ0v) is 14.5. The Balaban J connectivity index is 1.81. The van der Waals surface area contributed by atoms with Gasteiger partial charge in [-0.2, -0.15) is 0 Å². The Hall–Kier alpha value is -0.300. The first-order valence-corrected chi connectivity index (χ1v) is 9.38. The maximum atomic E-state index is 4.33. The largest absolute Gasteiger partial charge is 0.313 e. The Morgan fingerprint density at radius 1 is 1.19 bits per heavy atom. The van der Waals surface area contributed by atoms with Crippen LogP contribution in [0.3, 0.4) is 0 Å². The van der Waals surface area contributed by atoms with Crippen LogP contribution >= 0.6 is 0 Å². The van der Waals surface area contributed by atoms with Crippen LogP contribution in [-0.2, 0) is 0 Å². The van der Waals surface area contributed by atoms with Crippen molar-refractivity contribution in [3.63, 3.8) is 0 Å². The van der Waals surface area contributed by atoms with E-state index in [0.717, 1.165) is 18.3 Å². The fraction of sp³-hybridized carbons (Fsp3) is 0.900. The first kappa shape index (κ1) is 15.6. The lowest BCUT2D eigenvalue weighted by atomic mass is 9.43. The van der Waals surface area contributed by atoms with E-state index < -0.39 is 0 Å². The fourth-order valence-corrected chi connectivity index (χ4v) is 6.46. The van der Waals surface area contributed by atoms with E-state index in [0.29, 0.717) is 16.9 Å². The Morgan fingerprint density at radius 2 is 1.86 bits per heavy atom. The maximum absolute atomic E-state index is 4.33. The first-order valence-electron chi connectivity index (χ1n) is 9.38. The van der Waals surface area contributed by atoms with Crippen molar-refractivity contribution < 1.29 is 0 Å². The third kappa shape index (κ3) is 2.96. The maximum Gasteiger partial charge on any atom is 0.0161 e. The molecule has 0 saturated heterocycles. The molecule has 1 N–H and O–H groups in total. The van der Waals surface area contributed by atoms with E-state index in [1.807, 2.05) is 0 Å². The van der Waals surface area contributed by atoms with Crippen LogP contribution in [0.1, 0.15) is 78.6 Å². The molecule has 4 fully saturated rings. The number of hydrogen-bond donors (Lipinski definition) is 1. The molecule has 4 aliphatic rings. The second-order valence-corrected chi connectivity index (χ2v) is 8.95. The molecule has 0 amide bonds.